The fraction of sp³-hybridized carbons (Fsp3) is 0.263. The number of ether oxygens (including phenoxy) is 1. The van der Waals surface area contributed by atoms with Crippen LogP contribution in [-0.4, -0.2) is 23.7 Å². The second kappa shape index (κ2) is 8.75. The molecule has 0 radical (unpaired) electrons. The van der Waals surface area contributed by atoms with E-state index in [0.29, 0.717) is 6.29 Å². The Bertz CT molecular complexity index is 802. The van der Waals surface area contributed by atoms with Crippen LogP contribution in [0.1, 0.15) is 41.4 Å². The quantitative estimate of drug-likeness (QED) is 0.445. The average Bonchev–Trinajstić information content (AvgIpc) is 2.66. The van der Waals surface area contributed by atoms with E-state index in [0.717, 1.165) is 18.1 Å². The number of aryl methyl sites for hydroxylation is 1. The summed E-state index contributed by atoms with van der Waals surface area (Å²) in [7, 11) is 0. The lowest BCUT2D eigenvalue weighted by Gasteiger charge is -2.15. The lowest BCUT2D eigenvalue weighted by atomic mass is 10.1. The van der Waals surface area contributed by atoms with E-state index < -0.39 is 10.8 Å². The molecule has 0 aliphatic heterocycles. The molecular formula is C19H20N2O5. The first-order valence-electron chi connectivity index (χ1n) is 8.19. The molecule has 2 aromatic rings. The fourth-order valence-corrected chi connectivity index (χ4v) is 2.42. The second-order valence-electron chi connectivity index (χ2n) is 5.78. The van der Waals surface area contributed by atoms with E-state index in [2.05, 4.69) is 12.2 Å². The Morgan fingerprint density at radius 3 is 2.54 bits per heavy atom. The summed E-state index contributed by atoms with van der Waals surface area (Å²) in [5.74, 6) is -0.457. The summed E-state index contributed by atoms with van der Waals surface area (Å²) in [6, 6.07) is 11.5. The van der Waals surface area contributed by atoms with E-state index in [1.807, 2.05) is 31.2 Å². The Labute approximate surface area is 151 Å². The zero-order chi connectivity index (χ0) is 19.1. The zero-order valence-corrected chi connectivity index (χ0v) is 14.6. The van der Waals surface area contributed by atoms with Gasteiger partial charge in [-0.1, -0.05) is 31.2 Å². The Morgan fingerprint density at radius 2 is 1.96 bits per heavy atom. The predicted octanol–water partition coefficient (Wildman–Crippen LogP) is 3.23. The molecule has 1 atom stereocenters. The lowest BCUT2D eigenvalue weighted by molar-refractivity contribution is -0.385. The number of amides is 1. The summed E-state index contributed by atoms with van der Waals surface area (Å²) >= 11 is 0. The smallest absolute Gasteiger partial charge is 0.311 e. The topological polar surface area (TPSA) is 98.5 Å². The van der Waals surface area contributed by atoms with Gasteiger partial charge in [-0.25, -0.2) is 0 Å². The van der Waals surface area contributed by atoms with Gasteiger partial charge in [0.2, 0.25) is 0 Å². The van der Waals surface area contributed by atoms with Crippen LogP contribution in [0, 0.1) is 10.1 Å². The minimum Gasteiger partial charge on any atom is -0.477 e. The van der Waals surface area contributed by atoms with Crippen LogP contribution in [0.3, 0.4) is 0 Å². The van der Waals surface area contributed by atoms with Gasteiger partial charge in [0, 0.05) is 11.6 Å². The molecule has 0 spiro atoms. The predicted molar refractivity (Wildman–Crippen MR) is 96.4 cm³/mol. The van der Waals surface area contributed by atoms with Gasteiger partial charge < -0.3 is 10.1 Å². The number of nitrogens with one attached hydrogen (secondary N) is 1. The molecule has 0 fully saturated rings. The molecule has 2 aromatic carbocycles. The molecule has 7 heteroatoms. The van der Waals surface area contributed by atoms with Gasteiger partial charge >= 0.3 is 5.69 Å². The molecule has 0 heterocycles. The van der Waals surface area contributed by atoms with Crippen LogP contribution in [0.25, 0.3) is 0 Å². The molecule has 2 rings (SSSR count). The Morgan fingerprint density at radius 1 is 1.27 bits per heavy atom. The van der Waals surface area contributed by atoms with Gasteiger partial charge in [-0.15, -0.1) is 0 Å². The maximum atomic E-state index is 12.1. The van der Waals surface area contributed by atoms with E-state index >= 15 is 0 Å². The van der Waals surface area contributed by atoms with Crippen molar-refractivity contribution in [1.29, 1.82) is 0 Å². The molecule has 136 valence electrons. The monoisotopic (exact) mass is 356 g/mol. The average molecular weight is 356 g/mol. The number of aldehydes is 1. The molecular weight excluding hydrogens is 336 g/mol. The van der Waals surface area contributed by atoms with E-state index in [1.54, 1.807) is 0 Å². The van der Waals surface area contributed by atoms with Crippen molar-refractivity contribution in [3.8, 4) is 5.75 Å². The zero-order valence-electron chi connectivity index (χ0n) is 14.6. The van der Waals surface area contributed by atoms with Crippen LogP contribution in [0.5, 0.6) is 5.75 Å². The largest absolute Gasteiger partial charge is 0.477 e. The van der Waals surface area contributed by atoms with Gasteiger partial charge in [0.05, 0.1) is 11.0 Å². The van der Waals surface area contributed by atoms with Crippen LogP contribution < -0.4 is 10.1 Å². The third-order valence-electron chi connectivity index (χ3n) is 3.94. The maximum absolute atomic E-state index is 12.1. The first-order valence-corrected chi connectivity index (χ1v) is 8.19. The van der Waals surface area contributed by atoms with E-state index in [9.17, 15) is 19.7 Å². The summed E-state index contributed by atoms with van der Waals surface area (Å²) in [5.41, 5.74) is 1.97. The van der Waals surface area contributed by atoms with Crippen LogP contribution >= 0.6 is 0 Å². The summed E-state index contributed by atoms with van der Waals surface area (Å²) in [6.45, 7) is 3.55. The number of hydrogen-bond acceptors (Lipinski definition) is 5. The Hall–Kier alpha value is -3.22. The van der Waals surface area contributed by atoms with Crippen molar-refractivity contribution >= 4 is 17.9 Å². The molecule has 1 amide bonds. The summed E-state index contributed by atoms with van der Waals surface area (Å²) < 4.78 is 5.26. The normalized spacial score (nSPS) is 11.5. The fourth-order valence-electron chi connectivity index (χ4n) is 2.42. The summed E-state index contributed by atoms with van der Waals surface area (Å²) in [4.78, 5) is 33.2. The van der Waals surface area contributed by atoms with Gasteiger partial charge in [0.25, 0.3) is 5.91 Å². The molecule has 26 heavy (non-hydrogen) atoms. The lowest BCUT2D eigenvalue weighted by Crippen LogP contribution is -2.31. The number of benzene rings is 2. The molecule has 0 saturated carbocycles. The maximum Gasteiger partial charge on any atom is 0.311 e. The number of nitrogens with zero attached hydrogens (tertiary/aromatic N) is 1. The molecule has 0 aromatic heterocycles. The second-order valence-corrected chi connectivity index (χ2v) is 5.78. The van der Waals surface area contributed by atoms with Gasteiger partial charge in [-0.2, -0.15) is 0 Å². The highest BCUT2D eigenvalue weighted by molar-refractivity contribution is 5.79. The molecule has 0 bridgehead atoms. The number of carbonyl (C=O) groups excluding carboxylic acids is 2. The first-order chi connectivity index (χ1) is 12.4. The Balaban J connectivity index is 1.97. The highest BCUT2D eigenvalue weighted by Gasteiger charge is 2.18. The molecule has 0 aliphatic rings. The highest BCUT2D eigenvalue weighted by atomic mass is 16.6. The SMILES string of the molecule is CCc1ccc([C@@H](C)NC(=O)COc2ccc(C=O)cc2[N+](=O)[O-])cc1. The van der Waals surface area contributed by atoms with Crippen molar-refractivity contribution < 1.29 is 19.2 Å². The standard InChI is InChI=1S/C19H20N2O5/c1-3-14-4-7-16(8-5-14)13(2)20-19(23)12-26-18-9-6-15(11-22)10-17(18)21(24)25/h4-11,13H,3,12H2,1-2H3,(H,20,23)/t13-/m1/s1. The number of hydrogen-bond donors (Lipinski definition) is 1. The van der Waals surface area contributed by atoms with Crippen molar-refractivity contribution in [3.05, 3.63) is 69.3 Å². The molecule has 0 aliphatic carbocycles. The van der Waals surface area contributed by atoms with Gasteiger partial charge in [0.1, 0.15) is 6.29 Å². The molecule has 1 N–H and O–H groups in total. The Kier molecular flexibility index (Phi) is 6.43. The molecule has 0 unspecified atom stereocenters. The first kappa shape index (κ1) is 19.1. The van der Waals surface area contributed by atoms with Crippen LogP contribution in [0.2, 0.25) is 0 Å². The minimum absolute atomic E-state index is 0.0595. The van der Waals surface area contributed by atoms with Crippen molar-refractivity contribution in [1.82, 2.24) is 5.32 Å². The van der Waals surface area contributed by atoms with Gasteiger partial charge in [-0.05, 0) is 36.6 Å². The molecule has 7 nitrogen and oxygen atoms in total. The number of carbonyl (C=O) groups is 2. The third-order valence-corrected chi connectivity index (χ3v) is 3.94. The van der Waals surface area contributed by atoms with Crippen molar-refractivity contribution in [2.75, 3.05) is 6.61 Å². The van der Waals surface area contributed by atoms with Gasteiger partial charge in [-0.3, -0.25) is 19.7 Å². The number of nitro groups is 1. The van der Waals surface area contributed by atoms with Gasteiger partial charge in [0.15, 0.2) is 12.4 Å². The number of nitro benzene ring substituents is 1. The number of rotatable bonds is 8. The van der Waals surface area contributed by atoms with Crippen molar-refractivity contribution in [3.63, 3.8) is 0 Å². The van der Waals surface area contributed by atoms with E-state index in [4.69, 9.17) is 4.74 Å². The van der Waals surface area contributed by atoms with Crippen LogP contribution in [0.4, 0.5) is 5.69 Å². The van der Waals surface area contributed by atoms with Crippen LogP contribution in [-0.2, 0) is 11.2 Å². The minimum atomic E-state index is -0.655. The highest BCUT2D eigenvalue weighted by Crippen LogP contribution is 2.27. The van der Waals surface area contributed by atoms with E-state index in [-0.39, 0.29) is 29.6 Å². The third kappa shape index (κ3) is 4.89. The van der Waals surface area contributed by atoms with Crippen molar-refractivity contribution in [2.24, 2.45) is 0 Å². The summed E-state index contributed by atoms with van der Waals surface area (Å²) in [6.07, 6.45) is 1.45. The summed E-state index contributed by atoms with van der Waals surface area (Å²) in [5, 5.41) is 13.8. The van der Waals surface area contributed by atoms with Crippen molar-refractivity contribution in [2.45, 2.75) is 26.3 Å². The van der Waals surface area contributed by atoms with Crippen LogP contribution in [0.15, 0.2) is 42.5 Å². The van der Waals surface area contributed by atoms with E-state index in [1.165, 1.54) is 17.7 Å². The molecule has 0 saturated heterocycles.